The summed E-state index contributed by atoms with van der Waals surface area (Å²) in [6.07, 6.45) is 0. The SMILES string of the molecule is Cc1nc(N)c(C(=O)c2ccccc2)nc1Br. The molecule has 2 N–H and O–H groups in total. The van der Waals surface area contributed by atoms with Crippen LogP contribution in [0.25, 0.3) is 0 Å². The third kappa shape index (κ3) is 2.34. The lowest BCUT2D eigenvalue weighted by atomic mass is 10.1. The van der Waals surface area contributed by atoms with Crippen LogP contribution < -0.4 is 5.73 Å². The molecule has 0 saturated carbocycles. The molecule has 86 valence electrons. The molecule has 4 nitrogen and oxygen atoms in total. The van der Waals surface area contributed by atoms with Crippen LogP contribution in [0.15, 0.2) is 34.9 Å². The number of nitrogen functional groups attached to an aromatic ring is 1. The molecular weight excluding hydrogens is 282 g/mol. The van der Waals surface area contributed by atoms with Gasteiger partial charge in [-0.25, -0.2) is 9.97 Å². The van der Waals surface area contributed by atoms with Crippen LogP contribution >= 0.6 is 15.9 Å². The molecule has 1 aromatic carbocycles. The lowest BCUT2D eigenvalue weighted by Gasteiger charge is -2.05. The van der Waals surface area contributed by atoms with Crippen molar-refractivity contribution in [1.82, 2.24) is 9.97 Å². The van der Waals surface area contributed by atoms with Gasteiger partial charge in [-0.2, -0.15) is 0 Å². The molecule has 5 heteroatoms. The van der Waals surface area contributed by atoms with Gasteiger partial charge in [-0.05, 0) is 22.9 Å². The number of aryl methyl sites for hydroxylation is 1. The molecule has 0 aliphatic rings. The van der Waals surface area contributed by atoms with Crippen LogP contribution in [-0.4, -0.2) is 15.8 Å². The molecular formula is C12H10BrN3O. The fraction of sp³-hybridized carbons (Fsp3) is 0.0833. The minimum absolute atomic E-state index is 0.152. The minimum atomic E-state index is -0.226. The summed E-state index contributed by atoms with van der Waals surface area (Å²) in [6, 6.07) is 8.87. The molecule has 0 aliphatic heterocycles. The zero-order chi connectivity index (χ0) is 12.4. The van der Waals surface area contributed by atoms with Gasteiger partial charge in [0.15, 0.2) is 11.5 Å². The fourth-order valence-electron chi connectivity index (χ4n) is 1.41. The Balaban J connectivity index is 2.48. The number of benzene rings is 1. The highest BCUT2D eigenvalue weighted by Crippen LogP contribution is 2.18. The van der Waals surface area contributed by atoms with Gasteiger partial charge >= 0.3 is 0 Å². The average molecular weight is 292 g/mol. The zero-order valence-electron chi connectivity index (χ0n) is 9.14. The van der Waals surface area contributed by atoms with E-state index in [-0.39, 0.29) is 17.3 Å². The number of aromatic nitrogens is 2. The molecule has 0 spiro atoms. The van der Waals surface area contributed by atoms with Crippen molar-refractivity contribution in [3.05, 3.63) is 51.9 Å². The number of nitrogens with zero attached hydrogens (tertiary/aromatic N) is 2. The third-order valence-electron chi connectivity index (χ3n) is 2.29. The molecule has 0 radical (unpaired) electrons. The number of rotatable bonds is 2. The lowest BCUT2D eigenvalue weighted by molar-refractivity contribution is 0.103. The predicted octanol–water partition coefficient (Wildman–Crippen LogP) is 2.36. The highest BCUT2D eigenvalue weighted by molar-refractivity contribution is 9.10. The number of nitrogens with two attached hydrogens (primary N) is 1. The Morgan fingerprint density at radius 3 is 2.53 bits per heavy atom. The summed E-state index contributed by atoms with van der Waals surface area (Å²) in [5, 5.41) is 0. The monoisotopic (exact) mass is 291 g/mol. The molecule has 0 unspecified atom stereocenters. The second kappa shape index (κ2) is 4.63. The summed E-state index contributed by atoms with van der Waals surface area (Å²) in [5.74, 6) is -0.0733. The van der Waals surface area contributed by atoms with Crippen LogP contribution in [-0.2, 0) is 0 Å². The van der Waals surface area contributed by atoms with Crippen molar-refractivity contribution in [2.45, 2.75) is 6.92 Å². The topological polar surface area (TPSA) is 68.9 Å². The molecule has 0 bridgehead atoms. The number of hydrogen-bond acceptors (Lipinski definition) is 4. The Morgan fingerprint density at radius 1 is 1.24 bits per heavy atom. The average Bonchev–Trinajstić information content (AvgIpc) is 2.34. The summed E-state index contributed by atoms with van der Waals surface area (Å²) in [4.78, 5) is 20.3. The quantitative estimate of drug-likeness (QED) is 0.863. The van der Waals surface area contributed by atoms with E-state index in [9.17, 15) is 4.79 Å². The standard InChI is InChI=1S/C12H10BrN3O/c1-7-11(13)16-9(12(14)15-7)10(17)8-5-3-2-4-6-8/h2-6H,1H3,(H2,14,15). The van der Waals surface area contributed by atoms with Crippen molar-refractivity contribution in [2.24, 2.45) is 0 Å². The maximum Gasteiger partial charge on any atom is 0.215 e. The van der Waals surface area contributed by atoms with Gasteiger partial charge in [-0.3, -0.25) is 4.79 Å². The van der Waals surface area contributed by atoms with Crippen LogP contribution in [0.3, 0.4) is 0 Å². The first kappa shape index (κ1) is 11.7. The number of carbonyl (C=O) groups is 1. The molecule has 0 fully saturated rings. The zero-order valence-corrected chi connectivity index (χ0v) is 10.7. The predicted molar refractivity (Wildman–Crippen MR) is 68.8 cm³/mol. The van der Waals surface area contributed by atoms with Gasteiger partial charge in [-0.1, -0.05) is 30.3 Å². The summed E-state index contributed by atoms with van der Waals surface area (Å²) < 4.78 is 0.533. The molecule has 0 saturated heterocycles. The van der Waals surface area contributed by atoms with E-state index in [2.05, 4.69) is 25.9 Å². The molecule has 1 aromatic heterocycles. The molecule has 2 rings (SSSR count). The van der Waals surface area contributed by atoms with Crippen molar-refractivity contribution >= 4 is 27.5 Å². The summed E-state index contributed by atoms with van der Waals surface area (Å²) in [7, 11) is 0. The number of anilines is 1. The first-order valence-electron chi connectivity index (χ1n) is 4.99. The van der Waals surface area contributed by atoms with E-state index in [1.807, 2.05) is 6.07 Å². The van der Waals surface area contributed by atoms with Crippen LogP contribution in [0.5, 0.6) is 0 Å². The number of halogens is 1. The maximum atomic E-state index is 12.1. The molecule has 17 heavy (non-hydrogen) atoms. The van der Waals surface area contributed by atoms with Crippen molar-refractivity contribution in [1.29, 1.82) is 0 Å². The molecule has 2 aromatic rings. The highest BCUT2D eigenvalue weighted by atomic mass is 79.9. The van der Waals surface area contributed by atoms with E-state index in [4.69, 9.17) is 5.73 Å². The van der Waals surface area contributed by atoms with E-state index in [1.54, 1.807) is 31.2 Å². The Bertz CT molecular complexity index is 569. The maximum absolute atomic E-state index is 12.1. The molecule has 0 amide bonds. The van der Waals surface area contributed by atoms with Gasteiger partial charge in [0.2, 0.25) is 5.78 Å². The van der Waals surface area contributed by atoms with Crippen molar-refractivity contribution in [3.63, 3.8) is 0 Å². The second-order valence-corrected chi connectivity index (χ2v) is 4.28. The van der Waals surface area contributed by atoms with Crippen molar-refractivity contribution < 1.29 is 4.79 Å². The van der Waals surface area contributed by atoms with E-state index in [0.717, 1.165) is 0 Å². The first-order chi connectivity index (χ1) is 8.09. The Morgan fingerprint density at radius 2 is 1.88 bits per heavy atom. The van der Waals surface area contributed by atoms with Gasteiger partial charge < -0.3 is 5.73 Å². The van der Waals surface area contributed by atoms with Crippen molar-refractivity contribution in [3.8, 4) is 0 Å². The molecule has 0 aliphatic carbocycles. The van der Waals surface area contributed by atoms with Gasteiger partial charge in [0.05, 0.1) is 5.69 Å². The smallest absolute Gasteiger partial charge is 0.215 e. The van der Waals surface area contributed by atoms with E-state index >= 15 is 0 Å². The lowest BCUT2D eigenvalue weighted by Crippen LogP contribution is -2.11. The Kier molecular flexibility index (Phi) is 3.19. The second-order valence-electron chi connectivity index (χ2n) is 3.53. The number of hydrogen-bond donors (Lipinski definition) is 1. The van der Waals surface area contributed by atoms with Gasteiger partial charge in [-0.15, -0.1) is 0 Å². The third-order valence-corrected chi connectivity index (χ3v) is 3.04. The van der Waals surface area contributed by atoms with Crippen LogP contribution in [0.4, 0.5) is 5.82 Å². The van der Waals surface area contributed by atoms with Gasteiger partial charge in [0, 0.05) is 5.56 Å². The normalized spacial score (nSPS) is 10.2. The fourth-order valence-corrected chi connectivity index (χ4v) is 1.68. The number of ketones is 1. The number of carbonyl (C=O) groups excluding carboxylic acids is 1. The summed E-state index contributed by atoms with van der Waals surface area (Å²) >= 11 is 3.24. The minimum Gasteiger partial charge on any atom is -0.382 e. The Labute approximate surface area is 107 Å². The molecule has 1 heterocycles. The first-order valence-corrected chi connectivity index (χ1v) is 5.78. The van der Waals surface area contributed by atoms with E-state index in [1.165, 1.54) is 0 Å². The highest BCUT2D eigenvalue weighted by Gasteiger charge is 2.16. The van der Waals surface area contributed by atoms with Gasteiger partial charge in [0.25, 0.3) is 0 Å². The van der Waals surface area contributed by atoms with Crippen molar-refractivity contribution in [2.75, 3.05) is 5.73 Å². The van der Waals surface area contributed by atoms with E-state index in [0.29, 0.717) is 15.9 Å². The molecule has 0 atom stereocenters. The van der Waals surface area contributed by atoms with Crippen LogP contribution in [0.2, 0.25) is 0 Å². The summed E-state index contributed by atoms with van der Waals surface area (Å²) in [6.45, 7) is 1.77. The van der Waals surface area contributed by atoms with E-state index < -0.39 is 0 Å². The van der Waals surface area contributed by atoms with Gasteiger partial charge in [0.1, 0.15) is 4.60 Å². The largest absolute Gasteiger partial charge is 0.382 e. The Hall–Kier alpha value is -1.75. The summed E-state index contributed by atoms with van der Waals surface area (Å²) in [5.41, 5.74) is 7.09. The van der Waals surface area contributed by atoms with Crippen LogP contribution in [0.1, 0.15) is 21.7 Å². The van der Waals surface area contributed by atoms with Crippen LogP contribution in [0, 0.1) is 6.92 Å².